The van der Waals surface area contributed by atoms with E-state index in [1.807, 2.05) is 0 Å². The van der Waals surface area contributed by atoms with Crippen LogP contribution in [0.25, 0.3) is 0 Å². The van der Waals surface area contributed by atoms with Crippen molar-refractivity contribution in [1.82, 2.24) is 5.32 Å². The lowest BCUT2D eigenvalue weighted by molar-refractivity contribution is 0.0932. The van der Waals surface area contributed by atoms with Crippen molar-refractivity contribution in [3.05, 3.63) is 29.3 Å². The summed E-state index contributed by atoms with van der Waals surface area (Å²) in [5.41, 5.74) is 1.34. The number of aromatic hydroxyl groups is 1. The van der Waals surface area contributed by atoms with Crippen molar-refractivity contribution in [1.29, 1.82) is 0 Å². The molecule has 1 aromatic rings. The van der Waals surface area contributed by atoms with E-state index in [0.29, 0.717) is 5.56 Å². The smallest absolute Gasteiger partial charge is 0.251 e. The molecule has 0 unspecified atom stereocenters. The number of phenolic OH excluding ortho intramolecular Hbond substituents is 1. The van der Waals surface area contributed by atoms with Crippen molar-refractivity contribution in [2.24, 2.45) is 0 Å². The fourth-order valence-electron chi connectivity index (χ4n) is 2.05. The third kappa shape index (κ3) is 4.06. The van der Waals surface area contributed by atoms with E-state index in [4.69, 9.17) is 0 Å². The summed E-state index contributed by atoms with van der Waals surface area (Å²) in [7, 11) is 0. The van der Waals surface area contributed by atoms with Crippen molar-refractivity contribution >= 4 is 5.91 Å². The van der Waals surface area contributed by atoms with E-state index in [2.05, 4.69) is 19.2 Å². The van der Waals surface area contributed by atoms with Crippen LogP contribution in [0.15, 0.2) is 18.2 Å². The van der Waals surface area contributed by atoms with Crippen molar-refractivity contribution in [2.45, 2.75) is 52.5 Å². The number of phenols is 1. The predicted molar refractivity (Wildman–Crippen MR) is 73.9 cm³/mol. The van der Waals surface area contributed by atoms with Gasteiger partial charge in [-0.3, -0.25) is 4.79 Å². The van der Waals surface area contributed by atoms with Gasteiger partial charge in [0.05, 0.1) is 0 Å². The molecule has 2 N–H and O–H groups in total. The number of nitrogens with one attached hydrogen (secondary N) is 1. The third-order valence-electron chi connectivity index (χ3n) is 3.07. The van der Waals surface area contributed by atoms with Crippen LogP contribution in [0.3, 0.4) is 0 Å². The number of carbonyl (C=O) groups is 1. The molecule has 0 bridgehead atoms. The second-order valence-electron chi connectivity index (χ2n) is 4.75. The van der Waals surface area contributed by atoms with Crippen molar-refractivity contribution in [3.63, 3.8) is 0 Å². The summed E-state index contributed by atoms with van der Waals surface area (Å²) in [6.45, 7) is 6.04. The lowest BCUT2D eigenvalue weighted by Gasteiger charge is -2.17. The number of aryl methyl sites for hydroxylation is 1. The SMILES string of the molecule is CCCC(CCC)NC(=O)c1ccc(O)c(C)c1. The summed E-state index contributed by atoms with van der Waals surface area (Å²) in [6, 6.07) is 5.20. The molecular weight excluding hydrogens is 226 g/mol. The van der Waals surface area contributed by atoms with E-state index < -0.39 is 0 Å². The minimum atomic E-state index is -0.0509. The molecule has 0 aliphatic rings. The Hall–Kier alpha value is -1.51. The minimum Gasteiger partial charge on any atom is -0.508 e. The van der Waals surface area contributed by atoms with Crippen LogP contribution in [0, 0.1) is 6.92 Å². The lowest BCUT2D eigenvalue weighted by atomic mass is 10.1. The summed E-state index contributed by atoms with van der Waals surface area (Å²) in [6.07, 6.45) is 4.16. The Morgan fingerprint density at radius 3 is 2.39 bits per heavy atom. The fourth-order valence-corrected chi connectivity index (χ4v) is 2.05. The topological polar surface area (TPSA) is 49.3 Å². The highest BCUT2D eigenvalue weighted by molar-refractivity contribution is 5.94. The van der Waals surface area contributed by atoms with Gasteiger partial charge in [-0.05, 0) is 43.5 Å². The molecule has 1 amide bonds. The lowest BCUT2D eigenvalue weighted by Crippen LogP contribution is -2.34. The van der Waals surface area contributed by atoms with E-state index in [9.17, 15) is 9.90 Å². The van der Waals surface area contributed by atoms with E-state index in [1.165, 1.54) is 0 Å². The zero-order valence-electron chi connectivity index (χ0n) is 11.5. The van der Waals surface area contributed by atoms with Gasteiger partial charge in [0.1, 0.15) is 5.75 Å². The molecular formula is C15H23NO2. The molecule has 0 radical (unpaired) electrons. The average Bonchev–Trinajstić information content (AvgIpc) is 2.33. The Morgan fingerprint density at radius 2 is 1.89 bits per heavy atom. The molecule has 0 saturated carbocycles. The minimum absolute atomic E-state index is 0.0509. The molecule has 1 rings (SSSR count). The molecule has 0 fully saturated rings. The van der Waals surface area contributed by atoms with Gasteiger partial charge in [0.2, 0.25) is 0 Å². The van der Waals surface area contributed by atoms with Gasteiger partial charge in [-0.1, -0.05) is 26.7 Å². The summed E-state index contributed by atoms with van der Waals surface area (Å²) in [5, 5.41) is 12.5. The fraction of sp³-hybridized carbons (Fsp3) is 0.533. The first-order valence-corrected chi connectivity index (χ1v) is 6.69. The van der Waals surface area contributed by atoms with Crippen LogP contribution in [0.5, 0.6) is 5.75 Å². The monoisotopic (exact) mass is 249 g/mol. The molecule has 1 aromatic carbocycles. The van der Waals surface area contributed by atoms with E-state index in [-0.39, 0.29) is 17.7 Å². The van der Waals surface area contributed by atoms with Crippen LogP contribution in [0.1, 0.15) is 55.5 Å². The van der Waals surface area contributed by atoms with Crippen LogP contribution in [-0.2, 0) is 0 Å². The second kappa shape index (κ2) is 7.04. The van der Waals surface area contributed by atoms with Gasteiger partial charge in [-0.15, -0.1) is 0 Å². The van der Waals surface area contributed by atoms with E-state index >= 15 is 0 Å². The Labute approximate surface area is 109 Å². The number of amides is 1. The summed E-state index contributed by atoms with van der Waals surface area (Å²) in [5.74, 6) is 0.176. The average molecular weight is 249 g/mol. The van der Waals surface area contributed by atoms with E-state index in [1.54, 1.807) is 25.1 Å². The molecule has 0 aliphatic heterocycles. The first-order chi connectivity index (χ1) is 8.58. The van der Waals surface area contributed by atoms with Crippen LogP contribution in [0.2, 0.25) is 0 Å². The molecule has 18 heavy (non-hydrogen) atoms. The molecule has 0 aliphatic carbocycles. The van der Waals surface area contributed by atoms with Crippen molar-refractivity contribution < 1.29 is 9.90 Å². The standard InChI is InChI=1S/C15H23NO2/c1-4-6-13(7-5-2)16-15(18)12-8-9-14(17)11(3)10-12/h8-10,13,17H,4-7H2,1-3H3,(H,16,18). The van der Waals surface area contributed by atoms with Gasteiger partial charge in [0, 0.05) is 11.6 Å². The number of benzene rings is 1. The Morgan fingerprint density at radius 1 is 1.28 bits per heavy atom. The zero-order chi connectivity index (χ0) is 13.5. The zero-order valence-corrected chi connectivity index (χ0v) is 11.5. The molecule has 0 heterocycles. The molecule has 0 atom stereocenters. The van der Waals surface area contributed by atoms with Gasteiger partial charge in [0.15, 0.2) is 0 Å². The van der Waals surface area contributed by atoms with Crippen LogP contribution < -0.4 is 5.32 Å². The Kier molecular flexibility index (Phi) is 5.69. The van der Waals surface area contributed by atoms with Gasteiger partial charge in [-0.25, -0.2) is 0 Å². The van der Waals surface area contributed by atoms with Crippen molar-refractivity contribution in [2.75, 3.05) is 0 Å². The molecule has 3 nitrogen and oxygen atoms in total. The first kappa shape index (κ1) is 14.6. The largest absolute Gasteiger partial charge is 0.508 e. The molecule has 0 aromatic heterocycles. The predicted octanol–water partition coefficient (Wildman–Crippen LogP) is 3.40. The Bertz CT molecular complexity index is 395. The van der Waals surface area contributed by atoms with Gasteiger partial charge in [0.25, 0.3) is 5.91 Å². The van der Waals surface area contributed by atoms with E-state index in [0.717, 1.165) is 31.2 Å². The Balaban J connectivity index is 2.70. The van der Waals surface area contributed by atoms with Crippen LogP contribution in [-0.4, -0.2) is 17.1 Å². The second-order valence-corrected chi connectivity index (χ2v) is 4.75. The highest BCUT2D eigenvalue weighted by atomic mass is 16.3. The molecule has 100 valence electrons. The molecule has 0 spiro atoms. The third-order valence-corrected chi connectivity index (χ3v) is 3.07. The number of hydrogen-bond donors (Lipinski definition) is 2. The highest BCUT2D eigenvalue weighted by Gasteiger charge is 2.13. The maximum atomic E-state index is 12.1. The molecule has 3 heteroatoms. The van der Waals surface area contributed by atoms with Gasteiger partial charge in [-0.2, -0.15) is 0 Å². The molecule has 0 saturated heterocycles. The normalized spacial score (nSPS) is 10.7. The maximum absolute atomic E-state index is 12.1. The quantitative estimate of drug-likeness (QED) is 0.811. The summed E-state index contributed by atoms with van der Waals surface area (Å²) in [4.78, 5) is 12.1. The maximum Gasteiger partial charge on any atom is 0.251 e. The van der Waals surface area contributed by atoms with Gasteiger partial charge >= 0.3 is 0 Å². The highest BCUT2D eigenvalue weighted by Crippen LogP contribution is 2.17. The number of rotatable bonds is 6. The summed E-state index contributed by atoms with van der Waals surface area (Å²) < 4.78 is 0. The van der Waals surface area contributed by atoms with Crippen LogP contribution >= 0.6 is 0 Å². The van der Waals surface area contributed by atoms with Gasteiger partial charge < -0.3 is 10.4 Å². The number of hydrogen-bond acceptors (Lipinski definition) is 2. The number of carbonyl (C=O) groups excluding carboxylic acids is 1. The summed E-state index contributed by atoms with van der Waals surface area (Å²) >= 11 is 0. The first-order valence-electron chi connectivity index (χ1n) is 6.69. The van der Waals surface area contributed by atoms with Crippen LogP contribution in [0.4, 0.5) is 0 Å². The van der Waals surface area contributed by atoms with Crippen molar-refractivity contribution in [3.8, 4) is 5.75 Å².